The first kappa shape index (κ1) is 11.1. The topological polar surface area (TPSA) is 17.1 Å². The molecule has 0 aliphatic carbocycles. The lowest BCUT2D eigenvalue weighted by atomic mass is 10.1. The number of hydrogen-bond acceptors (Lipinski definition) is 1. The van der Waals surface area contributed by atoms with E-state index >= 15 is 0 Å². The zero-order valence-electron chi connectivity index (χ0n) is 6.28. The van der Waals surface area contributed by atoms with E-state index in [-0.39, 0.29) is 21.7 Å². The molecule has 5 heteroatoms. The number of halogens is 4. The Bertz CT molecular complexity index is 354. The number of carbonyl (C=O) groups is 1. The van der Waals surface area contributed by atoms with Crippen LogP contribution in [0.2, 0.25) is 5.02 Å². The van der Waals surface area contributed by atoms with Gasteiger partial charge in [-0.2, -0.15) is 0 Å². The van der Waals surface area contributed by atoms with Gasteiger partial charge >= 0.3 is 0 Å². The third-order valence-corrected chi connectivity index (χ3v) is 3.22. The van der Waals surface area contributed by atoms with Crippen LogP contribution in [0.4, 0.5) is 4.39 Å². The summed E-state index contributed by atoms with van der Waals surface area (Å²) in [5.74, 6) is -1.01. The molecule has 0 heterocycles. The van der Waals surface area contributed by atoms with Crippen LogP contribution >= 0.6 is 43.5 Å². The molecule has 0 N–H and O–H groups in total. The SMILES string of the molecule is O=C(CBr)c1ccc(Br)c(Cl)c1F. The molecule has 0 aliphatic rings. The summed E-state index contributed by atoms with van der Waals surface area (Å²) in [6.07, 6.45) is 0. The number of hydrogen-bond donors (Lipinski definition) is 0. The fourth-order valence-corrected chi connectivity index (χ4v) is 1.59. The van der Waals surface area contributed by atoms with Crippen LogP contribution in [0.25, 0.3) is 0 Å². The molecule has 0 radical (unpaired) electrons. The third-order valence-electron chi connectivity index (χ3n) is 1.46. The number of alkyl halides is 1. The zero-order chi connectivity index (χ0) is 10.0. The van der Waals surface area contributed by atoms with Crippen LogP contribution < -0.4 is 0 Å². The smallest absolute Gasteiger partial charge is 0.176 e. The van der Waals surface area contributed by atoms with Gasteiger partial charge in [-0.05, 0) is 28.1 Å². The summed E-state index contributed by atoms with van der Waals surface area (Å²) < 4.78 is 13.7. The minimum atomic E-state index is -0.680. The van der Waals surface area contributed by atoms with Crippen molar-refractivity contribution in [1.29, 1.82) is 0 Å². The first-order chi connectivity index (χ1) is 6.07. The lowest BCUT2D eigenvalue weighted by Crippen LogP contribution is -2.03. The van der Waals surface area contributed by atoms with Gasteiger partial charge in [0.25, 0.3) is 0 Å². The average Bonchev–Trinajstić information content (AvgIpc) is 2.13. The van der Waals surface area contributed by atoms with Crippen molar-refractivity contribution in [3.63, 3.8) is 0 Å². The zero-order valence-corrected chi connectivity index (χ0v) is 10.2. The fraction of sp³-hybridized carbons (Fsp3) is 0.125. The Hall–Kier alpha value is 0.0700. The Morgan fingerprint density at radius 1 is 1.54 bits per heavy atom. The molecule has 0 bridgehead atoms. The Morgan fingerprint density at radius 2 is 2.15 bits per heavy atom. The molecule has 0 atom stereocenters. The predicted molar refractivity (Wildman–Crippen MR) is 57.2 cm³/mol. The van der Waals surface area contributed by atoms with Gasteiger partial charge in [0.15, 0.2) is 11.6 Å². The van der Waals surface area contributed by atoms with Gasteiger partial charge in [-0.15, -0.1) is 0 Å². The van der Waals surface area contributed by atoms with Crippen molar-refractivity contribution >= 4 is 49.2 Å². The number of rotatable bonds is 2. The summed E-state index contributed by atoms with van der Waals surface area (Å²) >= 11 is 11.6. The van der Waals surface area contributed by atoms with Crippen LogP contribution in [0.1, 0.15) is 10.4 Å². The molecule has 1 aromatic carbocycles. The van der Waals surface area contributed by atoms with Crippen LogP contribution in [-0.2, 0) is 0 Å². The van der Waals surface area contributed by atoms with E-state index < -0.39 is 5.82 Å². The molecular formula is C8H4Br2ClFO. The first-order valence-corrected chi connectivity index (χ1v) is 5.60. The standard InChI is InChI=1S/C8H4Br2ClFO/c9-3-6(13)4-1-2-5(10)7(11)8(4)12/h1-2H,3H2. The Kier molecular flexibility index (Phi) is 3.88. The van der Waals surface area contributed by atoms with Gasteiger partial charge in [0.05, 0.1) is 15.9 Å². The molecule has 0 saturated carbocycles. The lowest BCUT2D eigenvalue weighted by molar-refractivity contribution is 0.102. The van der Waals surface area contributed by atoms with E-state index in [2.05, 4.69) is 31.9 Å². The van der Waals surface area contributed by atoms with Gasteiger partial charge in [0.1, 0.15) is 0 Å². The molecule has 1 nitrogen and oxygen atoms in total. The Balaban J connectivity index is 3.26. The molecule has 1 aromatic rings. The molecule has 0 aliphatic heterocycles. The second kappa shape index (κ2) is 4.53. The second-order valence-corrected chi connectivity index (χ2v) is 4.07. The number of Topliss-reactive ketones (excluding diaryl/α,β-unsaturated/α-hetero) is 1. The van der Waals surface area contributed by atoms with Crippen molar-refractivity contribution in [2.75, 3.05) is 5.33 Å². The van der Waals surface area contributed by atoms with Crippen molar-refractivity contribution < 1.29 is 9.18 Å². The summed E-state index contributed by atoms with van der Waals surface area (Å²) in [4.78, 5) is 11.1. The molecular weight excluding hydrogens is 326 g/mol. The van der Waals surface area contributed by atoms with Gasteiger partial charge in [-0.3, -0.25) is 4.79 Å². The highest BCUT2D eigenvalue weighted by molar-refractivity contribution is 9.10. The number of benzene rings is 1. The Labute approximate surface area is 96.5 Å². The maximum absolute atomic E-state index is 13.3. The highest BCUT2D eigenvalue weighted by atomic mass is 79.9. The van der Waals surface area contributed by atoms with Gasteiger partial charge in [0.2, 0.25) is 0 Å². The molecule has 0 spiro atoms. The van der Waals surface area contributed by atoms with Crippen LogP contribution in [0.3, 0.4) is 0 Å². The summed E-state index contributed by atoms with van der Waals surface area (Å²) in [5.41, 5.74) is 0.00470. The van der Waals surface area contributed by atoms with Crippen molar-refractivity contribution in [3.8, 4) is 0 Å². The van der Waals surface area contributed by atoms with Gasteiger partial charge in [-0.25, -0.2) is 4.39 Å². The number of ketones is 1. The Morgan fingerprint density at radius 3 is 2.69 bits per heavy atom. The average molecular weight is 330 g/mol. The minimum absolute atomic E-state index is 0.00470. The highest BCUT2D eigenvalue weighted by Crippen LogP contribution is 2.27. The largest absolute Gasteiger partial charge is 0.293 e. The van der Waals surface area contributed by atoms with Crippen LogP contribution in [0.5, 0.6) is 0 Å². The minimum Gasteiger partial charge on any atom is -0.293 e. The van der Waals surface area contributed by atoms with E-state index in [1.165, 1.54) is 6.07 Å². The lowest BCUT2D eigenvalue weighted by Gasteiger charge is -2.02. The molecule has 0 aromatic heterocycles. The first-order valence-electron chi connectivity index (χ1n) is 3.30. The van der Waals surface area contributed by atoms with E-state index in [4.69, 9.17) is 11.6 Å². The summed E-state index contributed by atoms with van der Waals surface area (Å²) in [5, 5.41) is 0.0221. The highest BCUT2D eigenvalue weighted by Gasteiger charge is 2.14. The van der Waals surface area contributed by atoms with Crippen molar-refractivity contribution in [1.82, 2.24) is 0 Å². The molecule has 1 rings (SSSR count). The summed E-state index contributed by atoms with van der Waals surface area (Å²) in [6, 6.07) is 2.94. The summed E-state index contributed by atoms with van der Waals surface area (Å²) in [6.45, 7) is 0. The van der Waals surface area contributed by atoms with Crippen LogP contribution in [0.15, 0.2) is 16.6 Å². The molecule has 0 fully saturated rings. The predicted octanol–water partition coefficient (Wildman–Crippen LogP) is 3.82. The molecule has 0 amide bonds. The van der Waals surface area contributed by atoms with Gasteiger partial charge in [-0.1, -0.05) is 27.5 Å². The van der Waals surface area contributed by atoms with Crippen LogP contribution in [-0.4, -0.2) is 11.1 Å². The summed E-state index contributed by atoms with van der Waals surface area (Å²) in [7, 11) is 0. The van der Waals surface area contributed by atoms with Crippen LogP contribution in [0, 0.1) is 5.82 Å². The quantitative estimate of drug-likeness (QED) is 0.458. The van der Waals surface area contributed by atoms with E-state index in [0.29, 0.717) is 4.47 Å². The van der Waals surface area contributed by atoms with E-state index in [9.17, 15) is 9.18 Å². The number of carbonyl (C=O) groups excluding carboxylic acids is 1. The van der Waals surface area contributed by atoms with E-state index in [1.807, 2.05) is 0 Å². The molecule has 0 unspecified atom stereocenters. The van der Waals surface area contributed by atoms with Crippen molar-refractivity contribution in [2.45, 2.75) is 0 Å². The van der Waals surface area contributed by atoms with Crippen molar-refractivity contribution in [3.05, 3.63) is 33.0 Å². The van der Waals surface area contributed by atoms with E-state index in [0.717, 1.165) is 0 Å². The van der Waals surface area contributed by atoms with Crippen molar-refractivity contribution in [2.24, 2.45) is 0 Å². The fourth-order valence-electron chi connectivity index (χ4n) is 0.813. The molecule has 0 saturated heterocycles. The third kappa shape index (κ3) is 2.30. The van der Waals surface area contributed by atoms with E-state index in [1.54, 1.807) is 6.07 Å². The maximum atomic E-state index is 13.3. The normalized spacial score (nSPS) is 10.2. The maximum Gasteiger partial charge on any atom is 0.176 e. The monoisotopic (exact) mass is 328 g/mol. The second-order valence-electron chi connectivity index (χ2n) is 2.28. The van der Waals surface area contributed by atoms with Gasteiger partial charge < -0.3 is 0 Å². The van der Waals surface area contributed by atoms with Gasteiger partial charge in [0, 0.05) is 4.47 Å². The molecule has 70 valence electrons. The molecule has 13 heavy (non-hydrogen) atoms.